The van der Waals surface area contributed by atoms with Crippen LogP contribution in [0.25, 0.3) is 0 Å². The number of nitrogens with zero attached hydrogens (tertiary/aromatic N) is 2. The first kappa shape index (κ1) is 15.6. The molecule has 2 aromatic rings. The van der Waals surface area contributed by atoms with E-state index < -0.39 is 0 Å². The lowest BCUT2D eigenvalue weighted by molar-refractivity contribution is 0.0913. The van der Waals surface area contributed by atoms with Crippen LogP contribution in [0.1, 0.15) is 12.8 Å². The minimum Gasteiger partial charge on any atom is -0.508 e. The zero-order chi connectivity index (χ0) is 15.9. The number of likely N-dealkylation sites (tertiary alicyclic amines) is 1. The lowest BCUT2D eigenvalue weighted by atomic mass is 10.1. The summed E-state index contributed by atoms with van der Waals surface area (Å²) in [4.78, 5) is 6.46. The molecule has 0 unspecified atom stereocenters. The highest BCUT2D eigenvalue weighted by atomic mass is 16.5. The van der Waals surface area contributed by atoms with Gasteiger partial charge in [0.15, 0.2) is 0 Å². The highest BCUT2D eigenvalue weighted by Crippen LogP contribution is 2.18. The topological polar surface area (TPSA) is 54.8 Å². The summed E-state index contributed by atoms with van der Waals surface area (Å²) in [5.41, 5.74) is 0. The number of hydrogen-bond donors (Lipinski definition) is 1. The molecule has 0 spiro atoms. The predicted molar refractivity (Wildman–Crippen MR) is 87.9 cm³/mol. The number of rotatable bonds is 6. The summed E-state index contributed by atoms with van der Waals surface area (Å²) in [6, 6.07) is 10.7. The van der Waals surface area contributed by atoms with Gasteiger partial charge < -0.3 is 14.6 Å². The molecule has 1 N–H and O–H groups in total. The number of aromatic nitrogens is 1. The molecule has 1 aliphatic heterocycles. The molecule has 5 heteroatoms. The van der Waals surface area contributed by atoms with Gasteiger partial charge in [-0.05, 0) is 49.2 Å². The monoisotopic (exact) mass is 314 g/mol. The van der Waals surface area contributed by atoms with Gasteiger partial charge in [-0.25, -0.2) is 0 Å². The summed E-state index contributed by atoms with van der Waals surface area (Å²) in [6.07, 6.45) is 5.83. The van der Waals surface area contributed by atoms with Gasteiger partial charge in [0.1, 0.15) is 30.0 Å². The van der Waals surface area contributed by atoms with Crippen molar-refractivity contribution in [3.8, 4) is 17.2 Å². The summed E-state index contributed by atoms with van der Waals surface area (Å²) in [5.74, 6) is 1.90. The van der Waals surface area contributed by atoms with Crippen LogP contribution in [0.4, 0.5) is 0 Å². The van der Waals surface area contributed by atoms with Crippen LogP contribution in [0.5, 0.6) is 17.2 Å². The van der Waals surface area contributed by atoms with Gasteiger partial charge in [0.05, 0.1) is 6.20 Å². The van der Waals surface area contributed by atoms with E-state index in [9.17, 15) is 5.11 Å². The molecule has 1 saturated heterocycles. The van der Waals surface area contributed by atoms with Gasteiger partial charge in [-0.3, -0.25) is 9.88 Å². The van der Waals surface area contributed by atoms with Crippen LogP contribution >= 0.6 is 0 Å². The van der Waals surface area contributed by atoms with Crippen LogP contribution in [0.3, 0.4) is 0 Å². The van der Waals surface area contributed by atoms with Crippen LogP contribution in [0, 0.1) is 0 Å². The summed E-state index contributed by atoms with van der Waals surface area (Å²) < 4.78 is 11.6. The van der Waals surface area contributed by atoms with Gasteiger partial charge in [-0.1, -0.05) is 0 Å². The molecular formula is C18H22N2O3. The SMILES string of the molecule is Oc1ccc(OCCN2CCC(Oc3cccnc3)CC2)cc1. The average Bonchev–Trinajstić information content (AvgIpc) is 2.59. The number of aromatic hydroxyl groups is 1. The van der Waals surface area contributed by atoms with Crippen molar-refractivity contribution in [1.29, 1.82) is 0 Å². The third kappa shape index (κ3) is 4.86. The number of benzene rings is 1. The van der Waals surface area contributed by atoms with E-state index in [4.69, 9.17) is 9.47 Å². The molecule has 0 bridgehead atoms. The fourth-order valence-electron chi connectivity index (χ4n) is 2.69. The normalized spacial score (nSPS) is 16.2. The van der Waals surface area contributed by atoms with Crippen molar-refractivity contribution in [3.63, 3.8) is 0 Å². The fourth-order valence-corrected chi connectivity index (χ4v) is 2.69. The van der Waals surface area contributed by atoms with Crippen molar-refractivity contribution in [3.05, 3.63) is 48.8 Å². The number of piperidine rings is 1. The second-order valence-electron chi connectivity index (χ2n) is 5.69. The first-order valence-corrected chi connectivity index (χ1v) is 8.00. The molecule has 1 aliphatic rings. The highest BCUT2D eigenvalue weighted by Gasteiger charge is 2.20. The molecule has 0 aliphatic carbocycles. The van der Waals surface area contributed by atoms with Crippen molar-refractivity contribution >= 4 is 0 Å². The molecule has 2 heterocycles. The lowest BCUT2D eigenvalue weighted by Crippen LogP contribution is -2.40. The van der Waals surface area contributed by atoms with Crippen molar-refractivity contribution in [2.24, 2.45) is 0 Å². The third-order valence-electron chi connectivity index (χ3n) is 3.98. The number of pyridine rings is 1. The highest BCUT2D eigenvalue weighted by molar-refractivity contribution is 5.30. The van der Waals surface area contributed by atoms with Crippen molar-refractivity contribution in [2.75, 3.05) is 26.2 Å². The van der Waals surface area contributed by atoms with Gasteiger partial charge in [0.25, 0.3) is 0 Å². The quantitative estimate of drug-likeness (QED) is 0.888. The molecule has 3 rings (SSSR count). The predicted octanol–water partition coefficient (Wildman–Crippen LogP) is 2.71. The van der Waals surface area contributed by atoms with E-state index in [0.717, 1.165) is 44.0 Å². The van der Waals surface area contributed by atoms with E-state index in [2.05, 4.69) is 9.88 Å². The molecule has 5 nitrogen and oxygen atoms in total. The minimum absolute atomic E-state index is 0.257. The molecule has 1 aromatic carbocycles. The molecule has 0 radical (unpaired) electrons. The summed E-state index contributed by atoms with van der Waals surface area (Å²) in [7, 11) is 0. The Labute approximate surface area is 136 Å². The average molecular weight is 314 g/mol. The minimum atomic E-state index is 0.257. The first-order valence-electron chi connectivity index (χ1n) is 8.00. The van der Waals surface area contributed by atoms with Gasteiger partial charge in [-0.15, -0.1) is 0 Å². The molecule has 1 fully saturated rings. The van der Waals surface area contributed by atoms with Crippen molar-refractivity contribution in [1.82, 2.24) is 9.88 Å². The van der Waals surface area contributed by atoms with Crippen molar-refractivity contribution in [2.45, 2.75) is 18.9 Å². The zero-order valence-electron chi connectivity index (χ0n) is 13.1. The molecule has 0 amide bonds. The zero-order valence-corrected chi connectivity index (χ0v) is 13.1. The summed E-state index contributed by atoms with van der Waals surface area (Å²) in [5, 5.41) is 9.24. The molecular weight excluding hydrogens is 292 g/mol. The Hall–Kier alpha value is -2.27. The van der Waals surface area contributed by atoms with E-state index in [1.54, 1.807) is 36.7 Å². The van der Waals surface area contributed by atoms with E-state index in [0.29, 0.717) is 6.61 Å². The van der Waals surface area contributed by atoms with Crippen LogP contribution in [-0.2, 0) is 0 Å². The van der Waals surface area contributed by atoms with Crippen LogP contribution < -0.4 is 9.47 Å². The van der Waals surface area contributed by atoms with Crippen LogP contribution in [0.15, 0.2) is 48.8 Å². The van der Waals surface area contributed by atoms with E-state index in [-0.39, 0.29) is 11.9 Å². The summed E-state index contributed by atoms with van der Waals surface area (Å²) >= 11 is 0. The van der Waals surface area contributed by atoms with Gasteiger partial charge in [-0.2, -0.15) is 0 Å². The van der Waals surface area contributed by atoms with E-state index in [1.165, 1.54) is 0 Å². The standard InChI is InChI=1S/C18H22N2O3/c21-15-3-5-16(6-4-15)22-13-12-20-10-7-17(8-11-20)23-18-2-1-9-19-14-18/h1-6,9,14,17,21H,7-8,10-13H2. The van der Waals surface area contributed by atoms with Crippen molar-refractivity contribution < 1.29 is 14.6 Å². The smallest absolute Gasteiger partial charge is 0.137 e. The molecule has 1 aromatic heterocycles. The number of phenolic OH excluding ortho intramolecular Hbond substituents is 1. The maximum atomic E-state index is 9.24. The molecule has 23 heavy (non-hydrogen) atoms. The number of ether oxygens (including phenoxy) is 2. The number of phenols is 1. The fraction of sp³-hybridized carbons (Fsp3) is 0.389. The third-order valence-corrected chi connectivity index (χ3v) is 3.98. The number of hydrogen-bond acceptors (Lipinski definition) is 5. The van der Waals surface area contributed by atoms with Crippen LogP contribution in [-0.4, -0.2) is 47.3 Å². The second kappa shape index (κ2) is 7.83. The Bertz CT molecular complexity index is 581. The largest absolute Gasteiger partial charge is 0.508 e. The van der Waals surface area contributed by atoms with Gasteiger partial charge in [0, 0.05) is 25.8 Å². The van der Waals surface area contributed by atoms with Gasteiger partial charge >= 0.3 is 0 Å². The van der Waals surface area contributed by atoms with Crippen LogP contribution in [0.2, 0.25) is 0 Å². The summed E-state index contributed by atoms with van der Waals surface area (Å²) in [6.45, 7) is 3.59. The Kier molecular flexibility index (Phi) is 5.32. The maximum Gasteiger partial charge on any atom is 0.137 e. The molecule has 0 saturated carbocycles. The molecule has 0 atom stereocenters. The lowest BCUT2D eigenvalue weighted by Gasteiger charge is -2.31. The molecule has 122 valence electrons. The Morgan fingerprint density at radius 2 is 1.87 bits per heavy atom. The van der Waals surface area contributed by atoms with E-state index in [1.807, 2.05) is 12.1 Å². The Balaban J connectivity index is 1.35. The first-order chi connectivity index (χ1) is 11.3. The van der Waals surface area contributed by atoms with Gasteiger partial charge in [0.2, 0.25) is 0 Å². The second-order valence-corrected chi connectivity index (χ2v) is 5.69. The Morgan fingerprint density at radius 3 is 2.57 bits per heavy atom. The van der Waals surface area contributed by atoms with E-state index >= 15 is 0 Å². The maximum absolute atomic E-state index is 9.24. The Morgan fingerprint density at radius 1 is 1.09 bits per heavy atom.